The fraction of sp³-hybridized carbons (Fsp3) is 1.00. The Kier molecular flexibility index (Phi) is 9.26. The average Bonchev–Trinajstić information content (AvgIpc) is 2.15. The van der Waals surface area contributed by atoms with Gasteiger partial charge in [-0.2, -0.15) is 0 Å². The summed E-state index contributed by atoms with van der Waals surface area (Å²) in [6, 6.07) is 0. The van der Waals surface area contributed by atoms with Gasteiger partial charge in [-0.3, -0.25) is 0 Å². The Labute approximate surface area is 123 Å². The van der Waals surface area contributed by atoms with Gasteiger partial charge in [-0.05, 0) is 48.0 Å². The van der Waals surface area contributed by atoms with Gasteiger partial charge in [-0.15, -0.1) is 11.7 Å². The van der Waals surface area contributed by atoms with Gasteiger partial charge in [0.05, 0.1) is 4.87 Å². The summed E-state index contributed by atoms with van der Waals surface area (Å²) in [5.41, 5.74) is 0. The largest absolute Gasteiger partial charge is 0.516 e. The van der Waals surface area contributed by atoms with Crippen LogP contribution < -0.4 is 0 Å². The molecule has 0 fully saturated rings. The molecular formula is C12H28O3S2Si. The summed E-state index contributed by atoms with van der Waals surface area (Å²) in [5.74, 6) is 0. The first kappa shape index (κ1) is 18.8. The van der Waals surface area contributed by atoms with Crippen LogP contribution in [0.25, 0.3) is 0 Å². The van der Waals surface area contributed by atoms with Gasteiger partial charge in [0.25, 0.3) is 0 Å². The summed E-state index contributed by atoms with van der Waals surface area (Å²) in [6.45, 7) is 14.2. The fourth-order valence-corrected chi connectivity index (χ4v) is 7.55. The molecule has 1 unspecified atom stereocenters. The minimum atomic E-state index is -2.73. The average molecular weight is 313 g/mol. The predicted octanol–water partition coefficient (Wildman–Crippen LogP) is 4.10. The lowest BCUT2D eigenvalue weighted by Crippen LogP contribution is -2.58. The minimum absolute atomic E-state index is 0.0868. The van der Waals surface area contributed by atoms with Crippen molar-refractivity contribution < 1.29 is 13.3 Å². The molecular weight excluding hydrogens is 284 g/mol. The Morgan fingerprint density at radius 3 is 1.39 bits per heavy atom. The highest BCUT2D eigenvalue weighted by atomic mass is 33.1. The topological polar surface area (TPSA) is 27.7 Å². The highest BCUT2D eigenvalue weighted by Gasteiger charge is 2.51. The highest BCUT2D eigenvalue weighted by Crippen LogP contribution is 2.33. The van der Waals surface area contributed by atoms with Crippen LogP contribution in [0.4, 0.5) is 0 Å². The van der Waals surface area contributed by atoms with Crippen LogP contribution in [0.15, 0.2) is 0 Å². The number of hydrogen-bond acceptors (Lipinski definition) is 5. The third-order valence-electron chi connectivity index (χ3n) is 2.09. The van der Waals surface area contributed by atoms with Gasteiger partial charge in [0.1, 0.15) is 0 Å². The van der Waals surface area contributed by atoms with Crippen LogP contribution in [0.3, 0.4) is 0 Å². The van der Waals surface area contributed by atoms with E-state index >= 15 is 0 Å². The molecule has 3 nitrogen and oxygen atoms in total. The van der Waals surface area contributed by atoms with Crippen molar-refractivity contribution in [3.8, 4) is 0 Å². The molecule has 0 aromatic carbocycles. The van der Waals surface area contributed by atoms with Crippen molar-refractivity contribution in [3.05, 3.63) is 0 Å². The molecule has 0 saturated heterocycles. The smallest absolute Gasteiger partial charge is 0.370 e. The van der Waals surface area contributed by atoms with Crippen LogP contribution in [-0.4, -0.2) is 32.0 Å². The maximum Gasteiger partial charge on any atom is 0.516 e. The molecule has 0 aliphatic heterocycles. The Morgan fingerprint density at radius 2 is 1.22 bits per heavy atom. The van der Waals surface area contributed by atoms with Gasteiger partial charge in [0.2, 0.25) is 0 Å². The third-order valence-corrected chi connectivity index (χ3v) is 8.85. The predicted molar refractivity (Wildman–Crippen MR) is 85.1 cm³/mol. The zero-order valence-corrected chi connectivity index (χ0v) is 15.3. The fourth-order valence-electron chi connectivity index (χ4n) is 1.69. The zero-order valence-electron chi connectivity index (χ0n) is 12.6. The molecule has 0 aliphatic rings. The van der Waals surface area contributed by atoms with Gasteiger partial charge in [0.15, 0.2) is 0 Å². The Hall–Kier alpha value is 0.797. The first-order valence-corrected chi connectivity index (χ1v) is 10.3. The van der Waals surface area contributed by atoms with Crippen molar-refractivity contribution >= 4 is 31.3 Å². The maximum atomic E-state index is 6.13. The summed E-state index contributed by atoms with van der Waals surface area (Å²) in [4.78, 5) is 0.160. The van der Waals surface area contributed by atoms with Gasteiger partial charge in [0, 0.05) is 18.3 Å². The number of hydrogen-bond donors (Lipinski definition) is 1. The van der Waals surface area contributed by atoms with Crippen LogP contribution in [0.2, 0.25) is 0 Å². The van der Waals surface area contributed by atoms with E-state index in [0.717, 1.165) is 6.42 Å². The Bertz CT molecular complexity index is 195. The van der Waals surface area contributed by atoms with E-state index in [4.69, 9.17) is 13.3 Å². The molecule has 0 radical (unpaired) electrons. The summed E-state index contributed by atoms with van der Waals surface area (Å²) in [5, 5.41) is 0. The lowest BCUT2D eigenvalue weighted by atomic mass is 10.5. The summed E-state index contributed by atoms with van der Waals surface area (Å²) >= 11 is 4.37. The van der Waals surface area contributed by atoms with Gasteiger partial charge in [-0.1, -0.05) is 17.7 Å². The second-order valence-electron chi connectivity index (χ2n) is 5.11. The van der Waals surface area contributed by atoms with E-state index in [1.165, 1.54) is 10.8 Å². The van der Waals surface area contributed by atoms with Gasteiger partial charge >= 0.3 is 8.80 Å². The molecule has 18 heavy (non-hydrogen) atoms. The molecule has 110 valence electrons. The summed E-state index contributed by atoms with van der Waals surface area (Å²) in [6.07, 6.45) is 1.18. The van der Waals surface area contributed by atoms with Crippen LogP contribution in [0, 0.1) is 0 Å². The van der Waals surface area contributed by atoms with Gasteiger partial charge < -0.3 is 13.3 Å². The molecule has 0 amide bonds. The molecule has 0 bridgehead atoms. The molecule has 0 N–H and O–H groups in total. The highest BCUT2D eigenvalue weighted by molar-refractivity contribution is 8.69. The van der Waals surface area contributed by atoms with E-state index in [9.17, 15) is 0 Å². The number of thiol groups is 1. The van der Waals surface area contributed by atoms with E-state index in [1.54, 1.807) is 0 Å². The minimum Gasteiger partial charge on any atom is -0.370 e. The van der Waals surface area contributed by atoms with Crippen LogP contribution in [0.5, 0.6) is 0 Å². The normalized spacial score (nSPS) is 14.8. The second kappa shape index (κ2) is 8.87. The first-order valence-electron chi connectivity index (χ1n) is 6.61. The first-order chi connectivity index (χ1) is 8.27. The molecule has 0 heterocycles. The molecule has 0 spiro atoms. The quantitative estimate of drug-likeness (QED) is 0.394. The van der Waals surface area contributed by atoms with Crippen molar-refractivity contribution in [1.82, 2.24) is 0 Å². The van der Waals surface area contributed by atoms with Crippen molar-refractivity contribution in [2.75, 3.05) is 0 Å². The molecule has 0 rings (SSSR count). The van der Waals surface area contributed by atoms with E-state index in [0.29, 0.717) is 0 Å². The standard InChI is InChI=1S/C12H28O3S2Si/c1-8-12(17-16)18(13-9(2)3,14-10(4)5)15-11(6)7/h9-12,16H,8H2,1-7H3. The monoisotopic (exact) mass is 312 g/mol. The molecule has 0 aromatic heterocycles. The SMILES string of the molecule is CCC(SS)[Si](OC(C)C)(OC(C)C)OC(C)C. The van der Waals surface area contributed by atoms with Gasteiger partial charge in [-0.25, -0.2) is 0 Å². The Balaban J connectivity index is 5.21. The van der Waals surface area contributed by atoms with Crippen molar-refractivity contribution in [1.29, 1.82) is 0 Å². The zero-order chi connectivity index (χ0) is 14.3. The molecule has 6 heteroatoms. The Morgan fingerprint density at radius 1 is 0.889 bits per heavy atom. The van der Waals surface area contributed by atoms with E-state index in [2.05, 4.69) is 18.6 Å². The van der Waals surface area contributed by atoms with Crippen LogP contribution in [-0.2, 0) is 13.3 Å². The van der Waals surface area contributed by atoms with Crippen LogP contribution >= 0.6 is 22.5 Å². The maximum absolute atomic E-state index is 6.13. The molecule has 0 aliphatic carbocycles. The van der Waals surface area contributed by atoms with Crippen LogP contribution in [0.1, 0.15) is 54.9 Å². The summed E-state index contributed by atoms with van der Waals surface area (Å²) < 4.78 is 18.4. The van der Waals surface area contributed by atoms with E-state index in [-0.39, 0.29) is 23.2 Å². The number of rotatable bonds is 9. The lowest BCUT2D eigenvalue weighted by molar-refractivity contribution is 0.00165. The van der Waals surface area contributed by atoms with Crippen molar-refractivity contribution in [2.45, 2.75) is 78.1 Å². The lowest BCUT2D eigenvalue weighted by Gasteiger charge is -2.38. The second-order valence-corrected chi connectivity index (χ2v) is 9.55. The van der Waals surface area contributed by atoms with Crippen molar-refractivity contribution in [3.63, 3.8) is 0 Å². The van der Waals surface area contributed by atoms with Crippen molar-refractivity contribution in [2.24, 2.45) is 0 Å². The van der Waals surface area contributed by atoms with E-state index in [1.807, 2.05) is 41.5 Å². The molecule has 0 aromatic rings. The molecule has 0 saturated carbocycles. The summed E-state index contributed by atoms with van der Waals surface area (Å²) in [7, 11) is -1.24. The molecule has 1 atom stereocenters. The third kappa shape index (κ3) is 6.30. The van der Waals surface area contributed by atoms with E-state index < -0.39 is 8.80 Å².